The van der Waals surface area contributed by atoms with Gasteiger partial charge in [-0.05, 0) is 41.4 Å². The fourth-order valence-electron chi connectivity index (χ4n) is 4.42. The Bertz CT molecular complexity index is 1290. The maximum Gasteiger partial charge on any atom is 0.268 e. The van der Waals surface area contributed by atoms with E-state index in [-0.39, 0.29) is 17.8 Å². The van der Waals surface area contributed by atoms with Crippen molar-refractivity contribution in [3.05, 3.63) is 83.6 Å². The highest BCUT2D eigenvalue weighted by Crippen LogP contribution is 2.26. The van der Waals surface area contributed by atoms with Crippen LogP contribution in [0.5, 0.6) is 0 Å². The Hall–Kier alpha value is -3.64. The van der Waals surface area contributed by atoms with Gasteiger partial charge < -0.3 is 20.9 Å². The molecule has 4 aromatic rings. The van der Waals surface area contributed by atoms with E-state index in [1.165, 1.54) is 10.8 Å². The molecule has 1 amide bonds. The van der Waals surface area contributed by atoms with E-state index in [0.29, 0.717) is 17.8 Å². The second kappa shape index (κ2) is 7.89. The number of aromatic nitrogens is 1. The molecule has 6 nitrogen and oxygen atoms in total. The fraction of sp³-hybridized carbons (Fsp3) is 0.200. The monoisotopic (exact) mass is 411 g/mol. The van der Waals surface area contributed by atoms with Gasteiger partial charge in [-0.3, -0.25) is 10.2 Å². The van der Waals surface area contributed by atoms with Gasteiger partial charge >= 0.3 is 0 Å². The normalized spacial score (nSPS) is 16.1. The molecule has 0 aliphatic carbocycles. The van der Waals surface area contributed by atoms with Crippen molar-refractivity contribution in [1.82, 2.24) is 15.2 Å². The Balaban J connectivity index is 1.63. The van der Waals surface area contributed by atoms with E-state index in [2.05, 4.69) is 34.9 Å². The molecule has 156 valence electrons. The molecule has 0 saturated carbocycles. The number of nitrogen functional groups attached to an aromatic ring is 1. The molecule has 1 aliphatic heterocycles. The van der Waals surface area contributed by atoms with Gasteiger partial charge in [0.2, 0.25) is 0 Å². The molecular weight excluding hydrogens is 386 g/mol. The molecular formula is C25H25N5O. The lowest BCUT2D eigenvalue weighted by molar-refractivity contribution is 0.0931. The van der Waals surface area contributed by atoms with Crippen LogP contribution in [-0.4, -0.2) is 35.4 Å². The summed E-state index contributed by atoms with van der Waals surface area (Å²) >= 11 is 0. The fourth-order valence-corrected chi connectivity index (χ4v) is 4.42. The number of amides is 1. The van der Waals surface area contributed by atoms with Crippen molar-refractivity contribution in [2.75, 3.05) is 13.1 Å². The summed E-state index contributed by atoms with van der Waals surface area (Å²) in [5, 5.41) is 17.6. The van der Waals surface area contributed by atoms with E-state index >= 15 is 0 Å². The van der Waals surface area contributed by atoms with Crippen molar-refractivity contribution in [2.45, 2.75) is 19.0 Å². The van der Waals surface area contributed by atoms with Crippen LogP contribution in [-0.2, 0) is 6.54 Å². The largest absolute Gasteiger partial charge is 0.384 e. The van der Waals surface area contributed by atoms with E-state index < -0.39 is 0 Å². The summed E-state index contributed by atoms with van der Waals surface area (Å²) in [5.41, 5.74) is 9.05. The summed E-state index contributed by atoms with van der Waals surface area (Å²) in [6, 6.07) is 22.3. The molecule has 1 saturated heterocycles. The van der Waals surface area contributed by atoms with Gasteiger partial charge in [0, 0.05) is 35.6 Å². The first-order valence-corrected chi connectivity index (χ1v) is 10.6. The SMILES string of the molecule is N=C(N)c1ccc2cc(C(=O)N[C@@H]3CCNC3)n(Cc3cccc4ccccc34)c2c1. The first kappa shape index (κ1) is 19.3. The van der Waals surface area contributed by atoms with Crippen molar-refractivity contribution in [1.29, 1.82) is 5.41 Å². The minimum atomic E-state index is -0.0745. The van der Waals surface area contributed by atoms with Gasteiger partial charge in [0.1, 0.15) is 11.5 Å². The Kier molecular flexibility index (Phi) is 4.92. The molecule has 1 atom stereocenters. The standard InChI is InChI=1S/C25H25N5O/c26-24(27)18-9-8-17-12-23(25(31)29-20-10-11-28-14-20)30(22(17)13-18)15-19-6-3-5-16-4-1-2-7-21(16)19/h1-9,12-13,20,28H,10-11,14-15H2,(H3,26,27)(H,29,31)/t20-/m1/s1. The zero-order valence-electron chi connectivity index (χ0n) is 17.2. The average Bonchev–Trinajstić information content (AvgIpc) is 3.41. The number of carbonyl (C=O) groups excluding carboxylic acids is 1. The molecule has 0 spiro atoms. The topological polar surface area (TPSA) is 95.9 Å². The Labute approximate surface area is 180 Å². The van der Waals surface area contributed by atoms with Gasteiger partial charge in [-0.2, -0.15) is 0 Å². The first-order valence-electron chi connectivity index (χ1n) is 10.6. The molecule has 6 heteroatoms. The molecule has 2 heterocycles. The van der Waals surface area contributed by atoms with Crippen LogP contribution in [0.25, 0.3) is 21.7 Å². The third-order valence-electron chi connectivity index (χ3n) is 6.05. The molecule has 5 N–H and O–H groups in total. The average molecular weight is 412 g/mol. The Morgan fingerprint density at radius 2 is 1.94 bits per heavy atom. The highest BCUT2D eigenvalue weighted by atomic mass is 16.2. The lowest BCUT2D eigenvalue weighted by Gasteiger charge is -2.15. The number of hydrogen-bond acceptors (Lipinski definition) is 3. The number of nitrogens with two attached hydrogens (primary N) is 1. The zero-order chi connectivity index (χ0) is 21.4. The summed E-state index contributed by atoms with van der Waals surface area (Å²) in [6.45, 7) is 2.27. The summed E-state index contributed by atoms with van der Waals surface area (Å²) in [5.74, 6) is -0.0580. The van der Waals surface area contributed by atoms with Crippen LogP contribution in [0.4, 0.5) is 0 Å². The van der Waals surface area contributed by atoms with Crippen LogP contribution in [0, 0.1) is 5.41 Å². The minimum absolute atomic E-state index is 0.0165. The van der Waals surface area contributed by atoms with Crippen LogP contribution in [0.15, 0.2) is 66.7 Å². The number of benzene rings is 3. The predicted molar refractivity (Wildman–Crippen MR) is 125 cm³/mol. The molecule has 0 radical (unpaired) electrons. The first-order chi connectivity index (χ1) is 15.1. The molecule has 1 fully saturated rings. The van der Waals surface area contributed by atoms with E-state index in [4.69, 9.17) is 11.1 Å². The lowest BCUT2D eigenvalue weighted by atomic mass is 10.0. The van der Waals surface area contributed by atoms with Gasteiger partial charge in [0.15, 0.2) is 0 Å². The number of hydrogen-bond donors (Lipinski definition) is 4. The highest BCUT2D eigenvalue weighted by Gasteiger charge is 2.22. The van der Waals surface area contributed by atoms with E-state index in [9.17, 15) is 4.79 Å². The van der Waals surface area contributed by atoms with Crippen LogP contribution in [0.2, 0.25) is 0 Å². The maximum absolute atomic E-state index is 13.2. The third-order valence-corrected chi connectivity index (χ3v) is 6.05. The molecule has 3 aromatic carbocycles. The molecule has 5 rings (SSSR count). The van der Waals surface area contributed by atoms with E-state index in [1.807, 2.05) is 47.0 Å². The summed E-state index contributed by atoms with van der Waals surface area (Å²) in [4.78, 5) is 13.2. The molecule has 31 heavy (non-hydrogen) atoms. The molecule has 1 aromatic heterocycles. The zero-order valence-corrected chi connectivity index (χ0v) is 17.2. The summed E-state index contributed by atoms with van der Waals surface area (Å²) < 4.78 is 2.04. The van der Waals surface area contributed by atoms with Crippen LogP contribution >= 0.6 is 0 Å². The summed E-state index contributed by atoms with van der Waals surface area (Å²) in [7, 11) is 0. The van der Waals surface area contributed by atoms with E-state index in [0.717, 1.165) is 36.0 Å². The molecule has 1 aliphatic rings. The van der Waals surface area contributed by atoms with Crippen molar-refractivity contribution in [3.8, 4) is 0 Å². The van der Waals surface area contributed by atoms with Crippen molar-refractivity contribution in [2.24, 2.45) is 5.73 Å². The maximum atomic E-state index is 13.2. The second-order valence-corrected chi connectivity index (χ2v) is 8.10. The lowest BCUT2D eigenvalue weighted by Crippen LogP contribution is -2.37. The highest BCUT2D eigenvalue weighted by molar-refractivity contribution is 6.02. The quantitative estimate of drug-likeness (QED) is 0.300. The van der Waals surface area contributed by atoms with Crippen LogP contribution in [0.1, 0.15) is 28.0 Å². The van der Waals surface area contributed by atoms with Gasteiger partial charge in [0.25, 0.3) is 5.91 Å². The van der Waals surface area contributed by atoms with Gasteiger partial charge in [0.05, 0.1) is 0 Å². The Morgan fingerprint density at radius 3 is 2.74 bits per heavy atom. The van der Waals surface area contributed by atoms with Gasteiger partial charge in [-0.15, -0.1) is 0 Å². The van der Waals surface area contributed by atoms with Crippen LogP contribution in [0.3, 0.4) is 0 Å². The van der Waals surface area contributed by atoms with Crippen LogP contribution < -0.4 is 16.4 Å². The molecule has 0 bridgehead atoms. The number of carbonyl (C=O) groups is 1. The molecule has 0 unspecified atom stereocenters. The number of fused-ring (bicyclic) bond motifs is 2. The third kappa shape index (κ3) is 3.66. The minimum Gasteiger partial charge on any atom is -0.384 e. The summed E-state index contributed by atoms with van der Waals surface area (Å²) in [6.07, 6.45) is 0.934. The smallest absolute Gasteiger partial charge is 0.268 e. The van der Waals surface area contributed by atoms with Gasteiger partial charge in [-0.25, -0.2) is 0 Å². The van der Waals surface area contributed by atoms with Crippen molar-refractivity contribution in [3.63, 3.8) is 0 Å². The Morgan fingerprint density at radius 1 is 1.10 bits per heavy atom. The van der Waals surface area contributed by atoms with Gasteiger partial charge in [-0.1, -0.05) is 54.6 Å². The van der Waals surface area contributed by atoms with E-state index in [1.54, 1.807) is 0 Å². The number of nitrogens with zero attached hydrogens (tertiary/aromatic N) is 1. The predicted octanol–water partition coefficient (Wildman–Crippen LogP) is 3.22. The number of nitrogens with one attached hydrogen (secondary N) is 3. The van der Waals surface area contributed by atoms with Crippen molar-refractivity contribution >= 4 is 33.4 Å². The van der Waals surface area contributed by atoms with Crippen molar-refractivity contribution < 1.29 is 4.79 Å². The second-order valence-electron chi connectivity index (χ2n) is 8.10. The number of amidine groups is 1. The number of rotatable bonds is 5.